The van der Waals surface area contributed by atoms with Gasteiger partial charge in [0.25, 0.3) is 5.69 Å². The Morgan fingerprint density at radius 1 is 1.36 bits per heavy atom. The van der Waals surface area contributed by atoms with Crippen LogP contribution in [-0.4, -0.2) is 40.8 Å². The summed E-state index contributed by atoms with van der Waals surface area (Å²) in [5.41, 5.74) is 6.83. The number of benzene rings is 1. The van der Waals surface area contributed by atoms with Crippen molar-refractivity contribution in [2.75, 3.05) is 26.4 Å². The summed E-state index contributed by atoms with van der Waals surface area (Å²) in [7, 11) is 0. The smallest absolute Gasteiger partial charge is 0.273 e. The SMILES string of the molecule is Cc1cn(-c2ccc([N+](=O)[O-])cc2OCCOCCN)cn1. The number of ether oxygens (including phenoxy) is 2. The normalized spacial score (nSPS) is 10.6. The molecule has 0 unspecified atom stereocenters. The standard InChI is InChI=1S/C14H18N4O4/c1-11-9-17(10-16-11)13-3-2-12(18(19)20)8-14(13)22-7-6-21-5-4-15/h2-3,8-10H,4-7,15H2,1H3. The van der Waals surface area contributed by atoms with Crippen LogP contribution in [0.2, 0.25) is 0 Å². The van der Waals surface area contributed by atoms with Gasteiger partial charge >= 0.3 is 0 Å². The van der Waals surface area contributed by atoms with E-state index < -0.39 is 4.92 Å². The lowest BCUT2D eigenvalue weighted by Crippen LogP contribution is -2.13. The summed E-state index contributed by atoms with van der Waals surface area (Å²) in [5, 5.41) is 10.9. The van der Waals surface area contributed by atoms with Gasteiger partial charge in [0.15, 0.2) is 0 Å². The van der Waals surface area contributed by atoms with Crippen molar-refractivity contribution in [1.29, 1.82) is 0 Å². The monoisotopic (exact) mass is 306 g/mol. The highest BCUT2D eigenvalue weighted by Crippen LogP contribution is 2.28. The molecule has 118 valence electrons. The van der Waals surface area contributed by atoms with Gasteiger partial charge in [-0.3, -0.25) is 10.1 Å². The van der Waals surface area contributed by atoms with E-state index in [1.54, 1.807) is 17.0 Å². The van der Waals surface area contributed by atoms with Gasteiger partial charge in [-0.25, -0.2) is 4.98 Å². The predicted octanol–water partition coefficient (Wildman–Crippen LogP) is 1.44. The first-order chi connectivity index (χ1) is 10.6. The van der Waals surface area contributed by atoms with Gasteiger partial charge in [0.05, 0.1) is 41.9 Å². The van der Waals surface area contributed by atoms with E-state index in [1.807, 2.05) is 13.1 Å². The first kappa shape index (κ1) is 15.9. The van der Waals surface area contributed by atoms with Crippen molar-refractivity contribution in [1.82, 2.24) is 9.55 Å². The molecule has 0 aliphatic carbocycles. The Labute approximate surface area is 127 Å². The highest BCUT2D eigenvalue weighted by atomic mass is 16.6. The number of nitro groups is 1. The minimum absolute atomic E-state index is 0.0292. The van der Waals surface area contributed by atoms with Crippen molar-refractivity contribution in [3.63, 3.8) is 0 Å². The molecule has 0 fully saturated rings. The Morgan fingerprint density at radius 2 is 2.18 bits per heavy atom. The highest BCUT2D eigenvalue weighted by molar-refractivity contribution is 5.53. The Kier molecular flexibility index (Phi) is 5.45. The van der Waals surface area contributed by atoms with Crippen LogP contribution >= 0.6 is 0 Å². The summed E-state index contributed by atoms with van der Waals surface area (Å²) < 4.78 is 12.6. The van der Waals surface area contributed by atoms with Gasteiger partial charge in [-0.2, -0.15) is 0 Å². The molecule has 0 saturated heterocycles. The molecular formula is C14H18N4O4. The van der Waals surface area contributed by atoms with E-state index in [2.05, 4.69) is 4.98 Å². The fraction of sp³-hybridized carbons (Fsp3) is 0.357. The summed E-state index contributed by atoms with van der Waals surface area (Å²) in [6.45, 7) is 3.40. The van der Waals surface area contributed by atoms with Gasteiger partial charge in [-0.05, 0) is 13.0 Å². The van der Waals surface area contributed by atoms with E-state index in [9.17, 15) is 10.1 Å². The van der Waals surface area contributed by atoms with Crippen molar-refractivity contribution >= 4 is 5.69 Å². The molecule has 0 amide bonds. The predicted molar refractivity (Wildman–Crippen MR) is 80.3 cm³/mol. The van der Waals surface area contributed by atoms with Gasteiger partial charge in [0.1, 0.15) is 12.4 Å². The Balaban J connectivity index is 2.19. The molecule has 0 saturated carbocycles. The lowest BCUT2D eigenvalue weighted by Gasteiger charge is -2.12. The first-order valence-corrected chi connectivity index (χ1v) is 6.82. The van der Waals surface area contributed by atoms with Crippen molar-refractivity contribution in [2.45, 2.75) is 6.92 Å². The van der Waals surface area contributed by atoms with Gasteiger partial charge < -0.3 is 19.8 Å². The van der Waals surface area contributed by atoms with Crippen LogP contribution in [-0.2, 0) is 4.74 Å². The number of nitrogens with two attached hydrogens (primary N) is 1. The molecule has 8 nitrogen and oxygen atoms in total. The molecule has 2 aromatic rings. The summed E-state index contributed by atoms with van der Waals surface area (Å²) in [6.07, 6.45) is 3.45. The molecule has 0 atom stereocenters. The molecule has 1 heterocycles. The first-order valence-electron chi connectivity index (χ1n) is 6.82. The number of hydrogen-bond acceptors (Lipinski definition) is 6. The third-order valence-electron chi connectivity index (χ3n) is 2.89. The van der Waals surface area contributed by atoms with Gasteiger partial charge in [0, 0.05) is 18.8 Å². The molecule has 1 aromatic heterocycles. The molecule has 0 spiro atoms. The second-order valence-electron chi connectivity index (χ2n) is 4.58. The third kappa shape index (κ3) is 4.03. The van der Waals surface area contributed by atoms with Crippen LogP contribution in [0.1, 0.15) is 5.69 Å². The quantitative estimate of drug-likeness (QED) is 0.449. The molecular weight excluding hydrogens is 288 g/mol. The van der Waals surface area contributed by atoms with Gasteiger partial charge in [-0.1, -0.05) is 0 Å². The summed E-state index contributed by atoms with van der Waals surface area (Å²) in [5.74, 6) is 0.406. The molecule has 22 heavy (non-hydrogen) atoms. The summed E-state index contributed by atoms with van der Waals surface area (Å²) in [6, 6.07) is 4.46. The van der Waals surface area contributed by atoms with Crippen molar-refractivity contribution < 1.29 is 14.4 Å². The third-order valence-corrected chi connectivity index (χ3v) is 2.89. The number of hydrogen-bond donors (Lipinski definition) is 1. The van der Waals surface area contributed by atoms with Crippen LogP contribution in [0.4, 0.5) is 5.69 Å². The fourth-order valence-electron chi connectivity index (χ4n) is 1.89. The van der Waals surface area contributed by atoms with Crippen LogP contribution in [0.3, 0.4) is 0 Å². The number of aromatic nitrogens is 2. The maximum Gasteiger partial charge on any atom is 0.273 e. The van der Waals surface area contributed by atoms with Crippen molar-refractivity contribution in [3.05, 3.63) is 46.5 Å². The molecule has 0 aliphatic rings. The zero-order valence-electron chi connectivity index (χ0n) is 12.3. The molecule has 2 N–H and O–H groups in total. The van der Waals surface area contributed by atoms with Gasteiger partial charge in [-0.15, -0.1) is 0 Å². The highest BCUT2D eigenvalue weighted by Gasteiger charge is 2.13. The summed E-state index contributed by atoms with van der Waals surface area (Å²) in [4.78, 5) is 14.6. The maximum atomic E-state index is 10.9. The molecule has 8 heteroatoms. The van der Waals surface area contributed by atoms with Crippen molar-refractivity contribution in [2.24, 2.45) is 5.73 Å². The number of nitro benzene ring substituents is 1. The largest absolute Gasteiger partial charge is 0.489 e. The maximum absolute atomic E-state index is 10.9. The van der Waals surface area contributed by atoms with E-state index in [1.165, 1.54) is 12.1 Å². The minimum atomic E-state index is -0.458. The number of imidazole rings is 1. The zero-order chi connectivity index (χ0) is 15.9. The van der Waals surface area contributed by atoms with Crippen LogP contribution in [0.5, 0.6) is 5.75 Å². The summed E-state index contributed by atoms with van der Waals surface area (Å²) >= 11 is 0. The van der Waals surface area contributed by atoms with Crippen LogP contribution in [0, 0.1) is 17.0 Å². The number of non-ortho nitro benzene ring substituents is 1. The van der Waals surface area contributed by atoms with Crippen LogP contribution in [0.15, 0.2) is 30.7 Å². The zero-order valence-corrected chi connectivity index (χ0v) is 12.3. The second-order valence-corrected chi connectivity index (χ2v) is 4.58. The Bertz CT molecular complexity index is 642. The lowest BCUT2D eigenvalue weighted by molar-refractivity contribution is -0.384. The molecule has 0 aliphatic heterocycles. The average Bonchev–Trinajstić information content (AvgIpc) is 2.93. The molecule has 0 bridgehead atoms. The van der Waals surface area contributed by atoms with E-state index in [0.29, 0.717) is 31.2 Å². The number of nitrogens with zero attached hydrogens (tertiary/aromatic N) is 3. The van der Waals surface area contributed by atoms with E-state index in [-0.39, 0.29) is 12.3 Å². The van der Waals surface area contributed by atoms with E-state index in [4.69, 9.17) is 15.2 Å². The number of aryl methyl sites for hydroxylation is 1. The Hall–Kier alpha value is -2.45. The topological polar surface area (TPSA) is 105 Å². The van der Waals surface area contributed by atoms with Crippen LogP contribution < -0.4 is 10.5 Å². The Morgan fingerprint density at radius 3 is 2.82 bits per heavy atom. The van der Waals surface area contributed by atoms with Crippen LogP contribution in [0.25, 0.3) is 5.69 Å². The second kappa shape index (κ2) is 7.53. The molecule has 2 rings (SSSR count). The van der Waals surface area contributed by atoms with E-state index >= 15 is 0 Å². The van der Waals surface area contributed by atoms with E-state index in [0.717, 1.165) is 5.69 Å². The number of rotatable bonds is 8. The van der Waals surface area contributed by atoms with Gasteiger partial charge in [0.2, 0.25) is 0 Å². The lowest BCUT2D eigenvalue weighted by atomic mass is 10.2. The van der Waals surface area contributed by atoms with Crippen molar-refractivity contribution in [3.8, 4) is 11.4 Å². The molecule has 1 aromatic carbocycles. The molecule has 0 radical (unpaired) electrons. The average molecular weight is 306 g/mol. The fourth-order valence-corrected chi connectivity index (χ4v) is 1.89. The minimum Gasteiger partial charge on any atom is -0.489 e.